The lowest BCUT2D eigenvalue weighted by Crippen LogP contribution is -2.06. The van der Waals surface area contributed by atoms with E-state index in [0.29, 0.717) is 36.1 Å². The van der Waals surface area contributed by atoms with Crippen LogP contribution in [-0.4, -0.2) is 13.2 Å². The fraction of sp³-hybridized carbons (Fsp3) is 0.200. The first kappa shape index (κ1) is 13.1. The summed E-state index contributed by atoms with van der Waals surface area (Å²) in [5.74, 6) is 1.42. The molecule has 0 saturated heterocycles. The average Bonchev–Trinajstić information content (AvgIpc) is 2.42. The van der Waals surface area contributed by atoms with Crippen molar-refractivity contribution in [2.45, 2.75) is 6.42 Å². The number of ether oxygens (including phenoxy) is 2. The molecule has 100 valence electrons. The highest BCUT2D eigenvalue weighted by Crippen LogP contribution is 2.21. The van der Waals surface area contributed by atoms with Crippen molar-refractivity contribution in [2.75, 3.05) is 24.7 Å². The van der Waals surface area contributed by atoms with Crippen LogP contribution < -0.4 is 20.9 Å². The van der Waals surface area contributed by atoms with Gasteiger partial charge < -0.3 is 20.9 Å². The van der Waals surface area contributed by atoms with Gasteiger partial charge >= 0.3 is 0 Å². The number of anilines is 2. The Labute approximate surface area is 112 Å². The Hall–Kier alpha value is -2.36. The van der Waals surface area contributed by atoms with E-state index in [1.807, 2.05) is 48.5 Å². The van der Waals surface area contributed by atoms with Crippen LogP contribution in [0.3, 0.4) is 0 Å². The van der Waals surface area contributed by atoms with Crippen LogP contribution >= 0.6 is 0 Å². The Balaban J connectivity index is 1.71. The van der Waals surface area contributed by atoms with Crippen molar-refractivity contribution in [1.29, 1.82) is 0 Å². The Morgan fingerprint density at radius 2 is 1.11 bits per heavy atom. The second kappa shape index (κ2) is 6.54. The number of rotatable bonds is 6. The van der Waals surface area contributed by atoms with E-state index in [-0.39, 0.29) is 0 Å². The molecule has 2 aromatic carbocycles. The third kappa shape index (κ3) is 3.81. The zero-order chi connectivity index (χ0) is 13.5. The van der Waals surface area contributed by atoms with E-state index < -0.39 is 0 Å². The summed E-state index contributed by atoms with van der Waals surface area (Å²) in [4.78, 5) is 0. The van der Waals surface area contributed by atoms with Gasteiger partial charge in [-0.3, -0.25) is 0 Å². The number of benzene rings is 2. The first-order chi connectivity index (χ1) is 9.27. The molecule has 19 heavy (non-hydrogen) atoms. The molecule has 0 fully saturated rings. The Bertz CT molecular complexity index is 482. The quantitative estimate of drug-likeness (QED) is 0.617. The summed E-state index contributed by atoms with van der Waals surface area (Å²) < 4.78 is 11.1. The minimum atomic E-state index is 0.556. The predicted octanol–water partition coefficient (Wildman–Crippen LogP) is 2.70. The molecule has 0 bridgehead atoms. The van der Waals surface area contributed by atoms with Crippen LogP contribution in [0, 0.1) is 0 Å². The molecule has 0 aliphatic rings. The standard InChI is InChI=1S/C15H18N2O2/c16-12-6-1-3-8-14(12)18-10-5-11-19-15-9-4-2-7-13(15)17/h1-4,6-9H,5,10-11,16-17H2. The number of para-hydroxylation sites is 4. The lowest BCUT2D eigenvalue weighted by atomic mass is 10.3. The van der Waals surface area contributed by atoms with Gasteiger partial charge in [0.05, 0.1) is 24.6 Å². The second-order valence-corrected chi connectivity index (χ2v) is 4.13. The molecule has 4 heteroatoms. The highest BCUT2D eigenvalue weighted by Gasteiger charge is 2.00. The lowest BCUT2D eigenvalue weighted by Gasteiger charge is -2.10. The summed E-state index contributed by atoms with van der Waals surface area (Å²) in [6.45, 7) is 1.11. The zero-order valence-electron chi connectivity index (χ0n) is 10.7. The third-order valence-electron chi connectivity index (χ3n) is 2.64. The van der Waals surface area contributed by atoms with Crippen LogP contribution in [0.15, 0.2) is 48.5 Å². The van der Waals surface area contributed by atoms with Crippen molar-refractivity contribution in [3.05, 3.63) is 48.5 Å². The molecule has 0 saturated carbocycles. The molecule has 2 rings (SSSR count). The van der Waals surface area contributed by atoms with Gasteiger partial charge in [-0.2, -0.15) is 0 Å². The van der Waals surface area contributed by atoms with Crippen LogP contribution in [0.1, 0.15) is 6.42 Å². The molecule has 0 aromatic heterocycles. The molecule has 0 heterocycles. The molecule has 4 nitrogen and oxygen atoms in total. The van der Waals surface area contributed by atoms with Gasteiger partial charge in [-0.15, -0.1) is 0 Å². The summed E-state index contributed by atoms with van der Waals surface area (Å²) in [5, 5.41) is 0. The van der Waals surface area contributed by atoms with Crippen molar-refractivity contribution in [3.8, 4) is 11.5 Å². The molecule has 0 aliphatic heterocycles. The average molecular weight is 258 g/mol. The van der Waals surface area contributed by atoms with Gasteiger partial charge in [0.15, 0.2) is 0 Å². The van der Waals surface area contributed by atoms with Crippen LogP contribution in [0.2, 0.25) is 0 Å². The smallest absolute Gasteiger partial charge is 0.142 e. The molecule has 2 aromatic rings. The lowest BCUT2D eigenvalue weighted by molar-refractivity contribution is 0.249. The minimum Gasteiger partial charge on any atom is -0.491 e. The molecule has 0 aliphatic carbocycles. The maximum atomic E-state index is 5.77. The maximum Gasteiger partial charge on any atom is 0.142 e. The zero-order valence-corrected chi connectivity index (χ0v) is 10.7. The van der Waals surface area contributed by atoms with Gasteiger partial charge in [0.1, 0.15) is 11.5 Å². The molecule has 0 unspecified atom stereocenters. The predicted molar refractivity (Wildman–Crippen MR) is 77.3 cm³/mol. The molecular weight excluding hydrogens is 240 g/mol. The molecule has 0 amide bonds. The fourth-order valence-electron chi connectivity index (χ4n) is 1.65. The van der Waals surface area contributed by atoms with E-state index in [2.05, 4.69) is 0 Å². The van der Waals surface area contributed by atoms with E-state index in [4.69, 9.17) is 20.9 Å². The number of hydrogen-bond acceptors (Lipinski definition) is 4. The molecule has 0 atom stereocenters. The van der Waals surface area contributed by atoms with Gasteiger partial charge in [-0.25, -0.2) is 0 Å². The largest absolute Gasteiger partial charge is 0.491 e. The van der Waals surface area contributed by atoms with E-state index in [0.717, 1.165) is 6.42 Å². The van der Waals surface area contributed by atoms with E-state index in [1.54, 1.807) is 0 Å². The Morgan fingerprint density at radius 1 is 0.684 bits per heavy atom. The number of nitrogens with two attached hydrogens (primary N) is 2. The molecule has 4 N–H and O–H groups in total. The molecule has 0 spiro atoms. The summed E-state index contributed by atoms with van der Waals surface area (Å²) in [6, 6.07) is 14.9. The molecular formula is C15H18N2O2. The minimum absolute atomic E-state index is 0.556. The first-order valence-corrected chi connectivity index (χ1v) is 6.22. The SMILES string of the molecule is Nc1ccccc1OCCCOc1ccccc1N. The van der Waals surface area contributed by atoms with Crippen molar-refractivity contribution in [2.24, 2.45) is 0 Å². The summed E-state index contributed by atoms with van der Waals surface area (Å²) in [7, 11) is 0. The third-order valence-corrected chi connectivity index (χ3v) is 2.64. The van der Waals surface area contributed by atoms with E-state index >= 15 is 0 Å². The van der Waals surface area contributed by atoms with Crippen LogP contribution in [-0.2, 0) is 0 Å². The first-order valence-electron chi connectivity index (χ1n) is 6.22. The second-order valence-electron chi connectivity index (χ2n) is 4.13. The van der Waals surface area contributed by atoms with Crippen LogP contribution in [0.25, 0.3) is 0 Å². The monoisotopic (exact) mass is 258 g/mol. The van der Waals surface area contributed by atoms with Gasteiger partial charge in [0, 0.05) is 6.42 Å². The van der Waals surface area contributed by atoms with Gasteiger partial charge in [0.2, 0.25) is 0 Å². The highest BCUT2D eigenvalue weighted by atomic mass is 16.5. The van der Waals surface area contributed by atoms with Crippen LogP contribution in [0.5, 0.6) is 11.5 Å². The van der Waals surface area contributed by atoms with Gasteiger partial charge in [-0.05, 0) is 24.3 Å². The fourth-order valence-corrected chi connectivity index (χ4v) is 1.65. The molecule has 0 radical (unpaired) electrons. The topological polar surface area (TPSA) is 70.5 Å². The summed E-state index contributed by atoms with van der Waals surface area (Å²) in [5.41, 5.74) is 12.8. The number of hydrogen-bond donors (Lipinski definition) is 2. The normalized spacial score (nSPS) is 10.1. The van der Waals surface area contributed by atoms with Crippen molar-refractivity contribution < 1.29 is 9.47 Å². The highest BCUT2D eigenvalue weighted by molar-refractivity contribution is 5.52. The Morgan fingerprint density at radius 3 is 1.53 bits per heavy atom. The summed E-state index contributed by atoms with van der Waals surface area (Å²) >= 11 is 0. The van der Waals surface area contributed by atoms with Crippen molar-refractivity contribution in [3.63, 3.8) is 0 Å². The van der Waals surface area contributed by atoms with Crippen LogP contribution in [0.4, 0.5) is 11.4 Å². The van der Waals surface area contributed by atoms with E-state index in [1.165, 1.54) is 0 Å². The van der Waals surface area contributed by atoms with E-state index in [9.17, 15) is 0 Å². The Kier molecular flexibility index (Phi) is 4.50. The maximum absolute atomic E-state index is 5.77. The van der Waals surface area contributed by atoms with Gasteiger partial charge in [0.25, 0.3) is 0 Å². The van der Waals surface area contributed by atoms with Gasteiger partial charge in [-0.1, -0.05) is 24.3 Å². The summed E-state index contributed by atoms with van der Waals surface area (Å²) in [6.07, 6.45) is 0.767. The van der Waals surface area contributed by atoms with Crippen molar-refractivity contribution >= 4 is 11.4 Å². The number of nitrogen functional groups attached to an aromatic ring is 2. The van der Waals surface area contributed by atoms with Crippen molar-refractivity contribution in [1.82, 2.24) is 0 Å².